The van der Waals surface area contributed by atoms with Crippen molar-refractivity contribution in [2.24, 2.45) is 0 Å². The van der Waals surface area contributed by atoms with Crippen molar-refractivity contribution in [2.45, 2.75) is 54.6 Å². The SMILES string of the molecule is CC1(C)S[C@@H]2[C@H](NC(=O)Cc3cccc(NC(=O)N4CC5C(c6ccc([N+](=O)[O-])cc6)NN5C4=O)c3)C(=O)N2[C@H]1C(=O)[O-].[Na+]. The number of hydrazine groups is 1. The number of nitrogens with one attached hydrogen (secondary N) is 3. The van der Waals surface area contributed by atoms with Crippen LogP contribution in [0.5, 0.6) is 0 Å². The fourth-order valence-electron chi connectivity index (χ4n) is 5.93. The molecule has 6 rings (SSSR count). The van der Waals surface area contributed by atoms with Crippen LogP contribution in [0.2, 0.25) is 0 Å². The van der Waals surface area contributed by atoms with Crippen molar-refractivity contribution in [3.05, 3.63) is 69.8 Å². The minimum absolute atomic E-state index is 0. The van der Waals surface area contributed by atoms with Gasteiger partial charge in [-0.25, -0.2) is 19.9 Å². The molecule has 0 spiro atoms. The van der Waals surface area contributed by atoms with Crippen LogP contribution in [0.15, 0.2) is 48.5 Å². The molecule has 4 fully saturated rings. The van der Waals surface area contributed by atoms with Gasteiger partial charge in [-0.05, 0) is 37.1 Å². The number of amides is 6. The average molecular weight is 632 g/mol. The van der Waals surface area contributed by atoms with Gasteiger partial charge >= 0.3 is 41.6 Å². The number of carbonyl (C=O) groups is 5. The van der Waals surface area contributed by atoms with Crippen molar-refractivity contribution in [3.8, 4) is 0 Å². The molecular formula is C27H26N7NaO8S. The molecule has 0 aliphatic carbocycles. The second-order valence-electron chi connectivity index (χ2n) is 11.2. The second-order valence-corrected chi connectivity index (χ2v) is 13.0. The van der Waals surface area contributed by atoms with Gasteiger partial charge in [-0.3, -0.25) is 24.7 Å². The number of non-ortho nitro benzene ring substituents is 1. The molecule has 44 heavy (non-hydrogen) atoms. The maximum atomic E-state index is 13.0. The Balaban J connectivity index is 0.00000384. The number of rotatable bonds is 7. The number of carbonyl (C=O) groups excluding carboxylic acids is 5. The number of carboxylic acid groups (broad SMARTS) is 1. The molecule has 224 valence electrons. The number of carboxylic acids is 1. The summed E-state index contributed by atoms with van der Waals surface area (Å²) < 4.78 is -0.764. The largest absolute Gasteiger partial charge is 1.00 e. The van der Waals surface area contributed by atoms with Crippen LogP contribution in [0.4, 0.5) is 21.0 Å². The van der Waals surface area contributed by atoms with E-state index >= 15 is 0 Å². The Morgan fingerprint density at radius 3 is 2.50 bits per heavy atom. The summed E-state index contributed by atoms with van der Waals surface area (Å²) in [5.41, 5.74) is 4.58. The number of benzene rings is 2. The maximum absolute atomic E-state index is 13.0. The topological polar surface area (TPSA) is 197 Å². The predicted molar refractivity (Wildman–Crippen MR) is 149 cm³/mol. The third-order valence-corrected chi connectivity index (χ3v) is 9.60. The number of nitro benzene ring substituents is 1. The Labute approximate surface area is 277 Å². The summed E-state index contributed by atoms with van der Waals surface area (Å²) >= 11 is 1.30. The first-order valence-corrected chi connectivity index (χ1v) is 14.2. The molecule has 0 saturated carbocycles. The molecule has 0 bridgehead atoms. The Bertz CT molecular complexity index is 1570. The molecule has 3 N–H and O–H groups in total. The van der Waals surface area contributed by atoms with Crippen molar-refractivity contribution < 1.29 is 63.6 Å². The van der Waals surface area contributed by atoms with Gasteiger partial charge in [-0.2, -0.15) is 0 Å². The monoisotopic (exact) mass is 631 g/mol. The number of hydrogen-bond donors (Lipinski definition) is 3. The number of fused-ring (bicyclic) bond motifs is 2. The zero-order valence-electron chi connectivity index (χ0n) is 23.9. The van der Waals surface area contributed by atoms with E-state index < -0.39 is 57.0 Å². The summed E-state index contributed by atoms with van der Waals surface area (Å²) in [5, 5.41) is 28.7. The molecule has 17 heteroatoms. The maximum Gasteiger partial charge on any atom is 1.00 e. The molecule has 6 amide bonds. The number of nitro groups is 1. The standard InChI is InChI=1S/C27H27N7O8S.Na/c1-27(2)21(24(37)38)32-22(36)20(23(32)43-27)29-18(35)11-13-4-3-5-15(10-13)28-25(39)31-12-17-19(30-33(17)26(31)40)14-6-8-16(9-7-14)34(41)42;/h3-10,17,19-21,23,30H,11-12H2,1-2H3,(H,28,39)(H,29,35)(H,37,38);/q;+1/p-1/t17?,19?,20-,21+,23-;/m1./s1. The fraction of sp³-hybridized carbons (Fsp3) is 0.370. The molecule has 4 heterocycles. The number of aliphatic carboxylic acids is 1. The Morgan fingerprint density at radius 1 is 1.14 bits per heavy atom. The molecular weight excluding hydrogens is 605 g/mol. The Kier molecular flexibility index (Phi) is 8.41. The van der Waals surface area contributed by atoms with Crippen LogP contribution in [0.25, 0.3) is 0 Å². The fourth-order valence-corrected chi connectivity index (χ4v) is 7.55. The molecule has 2 aromatic rings. The second kappa shape index (κ2) is 11.7. The van der Waals surface area contributed by atoms with Gasteiger partial charge in [-0.1, -0.05) is 24.3 Å². The molecule has 5 atom stereocenters. The number of urea groups is 2. The number of hydrogen-bond acceptors (Lipinski definition) is 10. The van der Waals surface area contributed by atoms with Gasteiger partial charge < -0.3 is 25.4 Å². The van der Waals surface area contributed by atoms with E-state index in [-0.39, 0.29) is 60.3 Å². The molecule has 2 unspecified atom stereocenters. The van der Waals surface area contributed by atoms with Crippen LogP contribution in [-0.4, -0.2) is 84.4 Å². The Morgan fingerprint density at radius 2 is 1.84 bits per heavy atom. The van der Waals surface area contributed by atoms with E-state index in [0.717, 1.165) is 10.5 Å². The minimum atomic E-state index is -1.34. The van der Waals surface area contributed by atoms with E-state index in [1.807, 2.05) is 0 Å². The van der Waals surface area contributed by atoms with Gasteiger partial charge in [0.05, 0.1) is 42.0 Å². The van der Waals surface area contributed by atoms with E-state index in [0.29, 0.717) is 11.3 Å². The first-order valence-electron chi connectivity index (χ1n) is 13.4. The summed E-state index contributed by atoms with van der Waals surface area (Å²) in [5.74, 6) is -2.26. The van der Waals surface area contributed by atoms with Crippen molar-refractivity contribution >= 4 is 53.0 Å². The first kappa shape index (κ1) is 31.7. The van der Waals surface area contributed by atoms with E-state index in [4.69, 9.17) is 0 Å². The third-order valence-electron chi connectivity index (χ3n) is 8.03. The average Bonchev–Trinajstić information content (AvgIpc) is 3.34. The molecule has 0 aromatic heterocycles. The first-order chi connectivity index (χ1) is 20.4. The number of β-lactam (4-membered cyclic amide) rings is 1. The number of imide groups is 1. The van der Waals surface area contributed by atoms with Gasteiger partial charge in [0.15, 0.2) is 0 Å². The Hall–Kier alpha value is -3.70. The van der Waals surface area contributed by atoms with Crippen LogP contribution < -0.4 is 50.7 Å². The summed E-state index contributed by atoms with van der Waals surface area (Å²) in [7, 11) is 0. The van der Waals surface area contributed by atoms with E-state index in [9.17, 15) is 39.2 Å². The van der Waals surface area contributed by atoms with Crippen LogP contribution in [-0.2, 0) is 20.8 Å². The van der Waals surface area contributed by atoms with E-state index in [1.54, 1.807) is 50.2 Å². The normalized spacial score (nSPS) is 26.0. The minimum Gasteiger partial charge on any atom is -0.548 e. The molecule has 4 aliphatic heterocycles. The number of nitrogens with zero attached hydrogens (tertiary/aromatic N) is 4. The van der Waals surface area contributed by atoms with Crippen molar-refractivity contribution in [2.75, 3.05) is 11.9 Å². The smallest absolute Gasteiger partial charge is 0.548 e. The predicted octanol–water partition coefficient (Wildman–Crippen LogP) is -2.66. The molecule has 15 nitrogen and oxygen atoms in total. The summed E-state index contributed by atoms with van der Waals surface area (Å²) in [6.45, 7) is 3.53. The quantitative estimate of drug-likeness (QED) is 0.126. The zero-order chi connectivity index (χ0) is 30.8. The van der Waals surface area contributed by atoms with Gasteiger partial charge in [0.2, 0.25) is 11.8 Å². The van der Waals surface area contributed by atoms with Crippen LogP contribution in [0.1, 0.15) is 31.0 Å². The summed E-state index contributed by atoms with van der Waals surface area (Å²) in [6.07, 6.45) is -0.0997. The van der Waals surface area contributed by atoms with Crippen molar-refractivity contribution in [1.29, 1.82) is 0 Å². The number of anilines is 1. The molecule has 2 aromatic carbocycles. The third kappa shape index (κ3) is 5.40. The summed E-state index contributed by atoms with van der Waals surface area (Å²) in [4.78, 5) is 75.5. The van der Waals surface area contributed by atoms with Crippen LogP contribution in [0, 0.1) is 10.1 Å². The molecule has 4 saturated heterocycles. The van der Waals surface area contributed by atoms with Crippen molar-refractivity contribution in [1.82, 2.24) is 25.6 Å². The zero-order valence-corrected chi connectivity index (χ0v) is 26.7. The van der Waals surface area contributed by atoms with E-state index in [1.165, 1.54) is 33.8 Å². The summed E-state index contributed by atoms with van der Waals surface area (Å²) in [6, 6.07) is 8.73. The van der Waals surface area contributed by atoms with Crippen molar-refractivity contribution in [3.63, 3.8) is 0 Å². The van der Waals surface area contributed by atoms with Gasteiger partial charge in [0, 0.05) is 22.6 Å². The van der Waals surface area contributed by atoms with Crippen LogP contribution in [0.3, 0.4) is 0 Å². The van der Waals surface area contributed by atoms with Crippen LogP contribution >= 0.6 is 11.8 Å². The molecule has 4 aliphatic rings. The van der Waals surface area contributed by atoms with Gasteiger partial charge in [0.25, 0.3) is 5.69 Å². The van der Waals surface area contributed by atoms with Gasteiger partial charge in [0.1, 0.15) is 11.4 Å². The van der Waals surface area contributed by atoms with E-state index in [2.05, 4.69) is 16.1 Å². The molecule has 0 radical (unpaired) electrons. The van der Waals surface area contributed by atoms with Gasteiger partial charge in [-0.15, -0.1) is 11.8 Å². The number of thioether (sulfide) groups is 1.